The van der Waals surface area contributed by atoms with Gasteiger partial charge in [0.1, 0.15) is 5.82 Å². The van der Waals surface area contributed by atoms with E-state index in [1.54, 1.807) is 0 Å². The zero-order valence-corrected chi connectivity index (χ0v) is 32.7. The Bertz CT molecular complexity index is 3550. The van der Waals surface area contributed by atoms with Crippen LogP contribution in [0, 0.1) is 0 Å². The summed E-state index contributed by atoms with van der Waals surface area (Å²) in [6.07, 6.45) is 0. The topological polar surface area (TPSA) is 22.2 Å². The number of nitrogens with zero attached hydrogens (tertiary/aromatic N) is 3. The first kappa shape index (κ1) is 34.1. The molecule has 12 rings (SSSR count). The van der Waals surface area contributed by atoms with Crippen molar-refractivity contribution < 1.29 is 0 Å². The third-order valence-electron chi connectivity index (χ3n) is 12.1. The molecule has 0 N–H and O–H groups in total. The third-order valence-corrected chi connectivity index (χ3v) is 12.1. The summed E-state index contributed by atoms with van der Waals surface area (Å²) in [5, 5.41) is 4.85. The van der Waals surface area contributed by atoms with Crippen LogP contribution in [0.1, 0.15) is 0 Å². The Morgan fingerprint density at radius 3 is 1.37 bits per heavy atom. The predicted octanol–water partition coefficient (Wildman–Crippen LogP) is 15.1. The first-order valence-corrected chi connectivity index (χ1v) is 20.5. The quantitative estimate of drug-likeness (QED) is 0.165. The van der Waals surface area contributed by atoms with Crippen LogP contribution in [-0.2, 0) is 0 Å². The second-order valence-corrected chi connectivity index (χ2v) is 15.6. The summed E-state index contributed by atoms with van der Waals surface area (Å²) in [5.41, 5.74) is 17.6. The van der Waals surface area contributed by atoms with Crippen molar-refractivity contribution in [2.75, 3.05) is 0 Å². The number of hydrogen-bond donors (Lipinski definition) is 0. The van der Waals surface area contributed by atoms with Crippen LogP contribution in [0.25, 0.3) is 111 Å². The van der Waals surface area contributed by atoms with E-state index < -0.39 is 0 Å². The largest absolute Gasteiger partial charge is 0.309 e. The van der Waals surface area contributed by atoms with Crippen LogP contribution in [0.3, 0.4) is 0 Å². The highest BCUT2D eigenvalue weighted by molar-refractivity contribution is 6.15. The van der Waals surface area contributed by atoms with Crippen LogP contribution in [0.5, 0.6) is 0 Å². The van der Waals surface area contributed by atoms with Gasteiger partial charge in [-0.05, 0) is 87.5 Å². The molecule has 0 aliphatic rings. The lowest BCUT2D eigenvalue weighted by atomic mass is 9.98. The smallest absolute Gasteiger partial charge is 0.145 e. The number of fused-ring (bicyclic) bond motifs is 8. The van der Waals surface area contributed by atoms with Gasteiger partial charge >= 0.3 is 0 Å². The van der Waals surface area contributed by atoms with Crippen LogP contribution < -0.4 is 0 Å². The lowest BCUT2D eigenvalue weighted by molar-refractivity contribution is 1.17. The molecule has 0 atom stereocenters. The van der Waals surface area contributed by atoms with E-state index in [0.29, 0.717) is 0 Å². The van der Waals surface area contributed by atoms with Gasteiger partial charge in [0.2, 0.25) is 0 Å². The Kier molecular flexibility index (Phi) is 7.85. The standard InChI is InChI=1S/C57H37N3/c1-4-14-38(15-5-1)44-32-34-53-49(36-44)50-37-45(33-35-54(50)59(53)46-18-8-3-9-19-46)41-26-24-39(25-27-41)40-28-30-43(31-29-40)57-58-51-22-12-10-20-47(51)56-55(42-16-6-2-7-17-42)48-21-11-13-23-52(48)60(56)57/h1-37H. The molecule has 3 heterocycles. The predicted molar refractivity (Wildman–Crippen MR) is 252 cm³/mol. The van der Waals surface area contributed by atoms with Gasteiger partial charge in [0.05, 0.1) is 27.6 Å². The van der Waals surface area contributed by atoms with E-state index in [1.165, 1.54) is 77.2 Å². The summed E-state index contributed by atoms with van der Waals surface area (Å²) < 4.78 is 4.75. The first-order chi connectivity index (χ1) is 29.8. The fourth-order valence-electron chi connectivity index (χ4n) is 9.28. The van der Waals surface area contributed by atoms with Crippen molar-refractivity contribution in [3.8, 4) is 61.6 Å². The molecular weight excluding hydrogens is 727 g/mol. The highest BCUT2D eigenvalue weighted by Gasteiger charge is 2.21. The van der Waals surface area contributed by atoms with Crippen LogP contribution in [0.4, 0.5) is 0 Å². The second-order valence-electron chi connectivity index (χ2n) is 15.6. The summed E-state index contributed by atoms with van der Waals surface area (Å²) in [6.45, 7) is 0. The molecule has 0 aliphatic heterocycles. The molecule has 0 saturated heterocycles. The summed E-state index contributed by atoms with van der Waals surface area (Å²) >= 11 is 0. The van der Waals surface area contributed by atoms with E-state index in [2.05, 4.69) is 233 Å². The van der Waals surface area contributed by atoms with Crippen molar-refractivity contribution in [3.63, 3.8) is 0 Å². The molecule has 9 aromatic carbocycles. The lowest BCUT2D eigenvalue weighted by Gasteiger charge is -2.12. The molecule has 12 aromatic rings. The van der Waals surface area contributed by atoms with E-state index in [0.717, 1.165) is 33.5 Å². The normalized spacial score (nSPS) is 11.7. The summed E-state index contributed by atoms with van der Waals surface area (Å²) in [7, 11) is 0. The Morgan fingerprint density at radius 2 is 0.750 bits per heavy atom. The number of para-hydroxylation sites is 3. The Balaban J connectivity index is 0.931. The molecule has 3 aromatic heterocycles. The maximum atomic E-state index is 5.32. The Hall–Kier alpha value is -8.01. The highest BCUT2D eigenvalue weighted by Crippen LogP contribution is 2.42. The zero-order valence-electron chi connectivity index (χ0n) is 32.7. The summed E-state index contributed by atoms with van der Waals surface area (Å²) in [4.78, 5) is 5.32. The molecule has 3 nitrogen and oxygen atoms in total. The highest BCUT2D eigenvalue weighted by atomic mass is 15.0. The fraction of sp³-hybridized carbons (Fsp3) is 0. The number of hydrogen-bond acceptors (Lipinski definition) is 1. The van der Waals surface area contributed by atoms with Crippen LogP contribution in [-0.4, -0.2) is 14.0 Å². The molecule has 0 unspecified atom stereocenters. The van der Waals surface area contributed by atoms with Crippen molar-refractivity contribution in [1.82, 2.24) is 14.0 Å². The molecule has 280 valence electrons. The number of rotatable bonds is 6. The first-order valence-electron chi connectivity index (χ1n) is 20.5. The summed E-state index contributed by atoms with van der Waals surface area (Å²) in [5.74, 6) is 0.934. The van der Waals surface area contributed by atoms with E-state index in [-0.39, 0.29) is 0 Å². The van der Waals surface area contributed by atoms with Crippen LogP contribution in [0.15, 0.2) is 224 Å². The monoisotopic (exact) mass is 763 g/mol. The molecule has 0 aliphatic carbocycles. The molecule has 0 radical (unpaired) electrons. The minimum absolute atomic E-state index is 0.934. The molecule has 60 heavy (non-hydrogen) atoms. The maximum Gasteiger partial charge on any atom is 0.145 e. The minimum atomic E-state index is 0.934. The van der Waals surface area contributed by atoms with Gasteiger partial charge in [0.15, 0.2) is 0 Å². The van der Waals surface area contributed by atoms with Crippen molar-refractivity contribution >= 4 is 49.1 Å². The van der Waals surface area contributed by atoms with Crippen LogP contribution in [0.2, 0.25) is 0 Å². The minimum Gasteiger partial charge on any atom is -0.309 e. The third kappa shape index (κ3) is 5.48. The van der Waals surface area contributed by atoms with Gasteiger partial charge in [0.25, 0.3) is 0 Å². The average Bonchev–Trinajstić information content (AvgIpc) is 3.85. The molecular formula is C57H37N3. The van der Waals surface area contributed by atoms with E-state index in [1.807, 2.05) is 0 Å². The zero-order chi connectivity index (χ0) is 39.6. The molecule has 0 amide bonds. The molecule has 0 spiro atoms. The van der Waals surface area contributed by atoms with Gasteiger partial charge in [-0.3, -0.25) is 4.40 Å². The van der Waals surface area contributed by atoms with E-state index >= 15 is 0 Å². The van der Waals surface area contributed by atoms with Gasteiger partial charge in [-0.25, -0.2) is 4.98 Å². The van der Waals surface area contributed by atoms with E-state index in [9.17, 15) is 0 Å². The van der Waals surface area contributed by atoms with Gasteiger partial charge in [-0.1, -0.05) is 176 Å². The van der Waals surface area contributed by atoms with Gasteiger partial charge in [0, 0.05) is 38.4 Å². The van der Waals surface area contributed by atoms with Crippen LogP contribution >= 0.6 is 0 Å². The van der Waals surface area contributed by atoms with Crippen molar-refractivity contribution in [1.29, 1.82) is 0 Å². The maximum absolute atomic E-state index is 5.32. The molecule has 0 bridgehead atoms. The lowest BCUT2D eigenvalue weighted by Crippen LogP contribution is -1.98. The number of benzene rings is 9. The summed E-state index contributed by atoms with van der Waals surface area (Å²) in [6, 6.07) is 80.9. The van der Waals surface area contributed by atoms with Gasteiger partial charge < -0.3 is 4.57 Å². The van der Waals surface area contributed by atoms with Crippen molar-refractivity contribution in [2.45, 2.75) is 0 Å². The SMILES string of the molecule is c1ccc(-c2ccc3c(c2)c2cc(-c4ccc(-c5ccc(-c6nc7ccccc7c7c(-c8ccccc8)c8ccccc8n67)cc5)cc4)ccc2n3-c2ccccc2)cc1. The fourth-order valence-corrected chi connectivity index (χ4v) is 9.28. The van der Waals surface area contributed by atoms with Gasteiger partial charge in [-0.2, -0.15) is 0 Å². The number of aromatic nitrogens is 3. The molecule has 3 heteroatoms. The second kappa shape index (κ2) is 13.8. The Morgan fingerprint density at radius 1 is 0.300 bits per heavy atom. The van der Waals surface area contributed by atoms with Crippen molar-refractivity contribution in [2.24, 2.45) is 0 Å². The average molecular weight is 764 g/mol. The van der Waals surface area contributed by atoms with Crippen molar-refractivity contribution in [3.05, 3.63) is 224 Å². The van der Waals surface area contributed by atoms with Gasteiger partial charge in [-0.15, -0.1) is 0 Å². The Labute approximate surface area is 347 Å². The molecule has 0 saturated carbocycles. The van der Waals surface area contributed by atoms with E-state index in [4.69, 9.17) is 4.98 Å². The molecule has 0 fully saturated rings.